The Hall–Kier alpha value is -2.32. The van der Waals surface area contributed by atoms with Crippen molar-refractivity contribution in [2.24, 2.45) is 23.7 Å². The van der Waals surface area contributed by atoms with E-state index in [0.717, 1.165) is 56.3 Å². The number of thioether (sulfide) groups is 1. The van der Waals surface area contributed by atoms with Crippen LogP contribution in [0, 0.1) is 23.7 Å². The fraction of sp³-hybridized carbons (Fsp3) is 0.656. The molecule has 8 unspecified atom stereocenters. The smallest absolute Gasteiger partial charge is 0.246 e. The molecular weight excluding hydrogens is 522 g/mol. The molecular formula is C32H43N3O4S. The minimum Gasteiger partial charge on any atom is -0.359 e. The molecule has 6 rings (SSSR count). The molecule has 3 amide bonds. The molecule has 40 heavy (non-hydrogen) atoms. The lowest BCUT2D eigenvalue weighted by molar-refractivity contribution is -0.144. The van der Waals surface area contributed by atoms with Gasteiger partial charge in [-0.1, -0.05) is 70.6 Å². The van der Waals surface area contributed by atoms with Crippen LogP contribution in [0.5, 0.6) is 0 Å². The first-order chi connectivity index (χ1) is 19.3. The third kappa shape index (κ3) is 4.69. The van der Waals surface area contributed by atoms with Crippen LogP contribution in [0.3, 0.4) is 0 Å². The molecule has 7 nitrogen and oxygen atoms in total. The van der Waals surface area contributed by atoms with Gasteiger partial charge in [-0.25, -0.2) is 0 Å². The maximum absolute atomic E-state index is 14.4. The molecule has 216 valence electrons. The molecule has 0 aromatic heterocycles. The highest BCUT2D eigenvalue weighted by Gasteiger charge is 2.73. The minimum absolute atomic E-state index is 0.00792. The second-order valence-electron chi connectivity index (χ2n) is 12.7. The monoisotopic (exact) mass is 565 g/mol. The zero-order valence-electron chi connectivity index (χ0n) is 23.9. The van der Waals surface area contributed by atoms with E-state index >= 15 is 0 Å². The highest BCUT2D eigenvalue weighted by Crippen LogP contribution is 2.56. The van der Waals surface area contributed by atoms with Gasteiger partial charge in [0, 0.05) is 22.7 Å². The quantitative estimate of drug-likeness (QED) is 0.283. The van der Waals surface area contributed by atoms with E-state index < -0.39 is 29.6 Å². The molecule has 1 aromatic rings. The summed E-state index contributed by atoms with van der Waals surface area (Å²) in [7, 11) is 0. The van der Waals surface area contributed by atoms with Crippen molar-refractivity contribution < 1.29 is 19.1 Å². The van der Waals surface area contributed by atoms with E-state index in [-0.39, 0.29) is 29.8 Å². The summed E-state index contributed by atoms with van der Waals surface area (Å²) in [4.78, 5) is 45.4. The van der Waals surface area contributed by atoms with E-state index in [4.69, 9.17) is 4.74 Å². The van der Waals surface area contributed by atoms with Gasteiger partial charge in [0.2, 0.25) is 17.7 Å². The second kappa shape index (κ2) is 11.2. The Morgan fingerprint density at radius 2 is 1.80 bits per heavy atom. The lowest BCUT2D eigenvalue weighted by atomic mass is 9.73. The van der Waals surface area contributed by atoms with Crippen LogP contribution in [-0.2, 0) is 19.1 Å². The SMILES string of the molecule is CSc1cccc(NC(=O)C2C3C=CC4(O3)C2C(=O)N(C2CCCCCC2)C4C(=O)NC2CCCC(C)C2C)c1. The Balaban J connectivity index is 1.32. The number of ether oxygens (including phenoxy) is 1. The topological polar surface area (TPSA) is 87.7 Å². The van der Waals surface area contributed by atoms with Crippen LogP contribution >= 0.6 is 11.8 Å². The molecule has 1 aromatic carbocycles. The predicted octanol–water partition coefficient (Wildman–Crippen LogP) is 5.16. The van der Waals surface area contributed by atoms with Gasteiger partial charge in [0.25, 0.3) is 0 Å². The molecule has 3 aliphatic heterocycles. The minimum atomic E-state index is -1.11. The van der Waals surface area contributed by atoms with E-state index in [1.165, 1.54) is 6.42 Å². The van der Waals surface area contributed by atoms with Gasteiger partial charge in [0.1, 0.15) is 11.6 Å². The van der Waals surface area contributed by atoms with Crippen molar-refractivity contribution >= 4 is 35.2 Å². The summed E-state index contributed by atoms with van der Waals surface area (Å²) in [6, 6.07) is 7.06. The van der Waals surface area contributed by atoms with Crippen LogP contribution in [0.4, 0.5) is 5.69 Å². The summed E-state index contributed by atoms with van der Waals surface area (Å²) >= 11 is 1.61. The molecule has 8 heteroatoms. The highest BCUT2D eigenvalue weighted by atomic mass is 32.2. The molecule has 3 heterocycles. The van der Waals surface area contributed by atoms with Gasteiger partial charge in [-0.2, -0.15) is 0 Å². The van der Waals surface area contributed by atoms with Crippen LogP contribution in [0.2, 0.25) is 0 Å². The number of rotatable bonds is 6. The Morgan fingerprint density at radius 1 is 1.02 bits per heavy atom. The number of carbonyl (C=O) groups excluding carboxylic acids is 3. The summed E-state index contributed by atoms with van der Waals surface area (Å²) in [5, 5.41) is 6.44. The summed E-state index contributed by atoms with van der Waals surface area (Å²) in [6.07, 6.45) is 14.7. The Bertz CT molecular complexity index is 1180. The molecule has 4 fully saturated rings. The van der Waals surface area contributed by atoms with E-state index in [0.29, 0.717) is 17.5 Å². The highest BCUT2D eigenvalue weighted by molar-refractivity contribution is 7.98. The fourth-order valence-electron chi connectivity index (χ4n) is 8.11. The van der Waals surface area contributed by atoms with Gasteiger partial charge in [-0.05, 0) is 55.6 Å². The first kappa shape index (κ1) is 27.8. The van der Waals surface area contributed by atoms with E-state index in [9.17, 15) is 14.4 Å². The van der Waals surface area contributed by atoms with Gasteiger partial charge in [0.15, 0.2) is 0 Å². The predicted molar refractivity (Wildman–Crippen MR) is 157 cm³/mol. The normalized spacial score (nSPS) is 37.3. The Labute approximate surface area is 242 Å². The van der Waals surface area contributed by atoms with Gasteiger partial charge in [0.05, 0.1) is 17.9 Å². The molecule has 5 aliphatic rings. The number of carbonyl (C=O) groups is 3. The zero-order valence-corrected chi connectivity index (χ0v) is 24.8. The number of anilines is 1. The van der Waals surface area contributed by atoms with Crippen LogP contribution in [0.1, 0.15) is 71.6 Å². The van der Waals surface area contributed by atoms with E-state index in [2.05, 4.69) is 24.5 Å². The first-order valence-corrected chi connectivity index (χ1v) is 16.5. The summed E-state index contributed by atoms with van der Waals surface area (Å²) in [5.41, 5.74) is -0.399. The molecule has 2 bridgehead atoms. The molecule has 2 aliphatic carbocycles. The van der Waals surface area contributed by atoms with Crippen molar-refractivity contribution in [3.8, 4) is 0 Å². The van der Waals surface area contributed by atoms with E-state index in [1.54, 1.807) is 11.8 Å². The van der Waals surface area contributed by atoms with Gasteiger partial charge >= 0.3 is 0 Å². The molecule has 2 saturated carbocycles. The first-order valence-electron chi connectivity index (χ1n) is 15.3. The van der Waals surface area contributed by atoms with Crippen molar-refractivity contribution in [2.45, 2.75) is 106 Å². The molecule has 1 spiro atoms. The average Bonchev–Trinajstić information content (AvgIpc) is 3.50. The van der Waals surface area contributed by atoms with Crippen molar-refractivity contribution in [1.29, 1.82) is 0 Å². The fourth-order valence-corrected chi connectivity index (χ4v) is 8.57. The van der Waals surface area contributed by atoms with Gasteiger partial charge in [-0.3, -0.25) is 14.4 Å². The van der Waals surface area contributed by atoms with E-state index in [1.807, 2.05) is 47.6 Å². The number of likely N-dealkylation sites (tertiary alicyclic amines) is 1. The number of nitrogens with one attached hydrogen (secondary N) is 2. The summed E-state index contributed by atoms with van der Waals surface area (Å²) in [6.45, 7) is 4.49. The van der Waals surface area contributed by atoms with Crippen molar-refractivity contribution in [3.63, 3.8) is 0 Å². The summed E-state index contributed by atoms with van der Waals surface area (Å²) < 4.78 is 6.59. The number of amides is 3. The van der Waals surface area contributed by atoms with Crippen molar-refractivity contribution in [1.82, 2.24) is 10.2 Å². The Kier molecular flexibility index (Phi) is 7.77. The molecule has 2 saturated heterocycles. The number of hydrogen-bond acceptors (Lipinski definition) is 5. The average molecular weight is 566 g/mol. The number of benzene rings is 1. The number of fused-ring (bicyclic) bond motifs is 1. The Morgan fingerprint density at radius 3 is 2.55 bits per heavy atom. The molecule has 2 N–H and O–H groups in total. The number of nitrogens with zero attached hydrogens (tertiary/aromatic N) is 1. The van der Waals surface area contributed by atoms with Crippen LogP contribution in [-0.4, -0.2) is 58.7 Å². The standard InChI is InChI=1S/C32H43N3O4S/c1-19-10-8-15-24(20(19)2)34-30(37)28-32-17-16-25(39-32)26(29(36)33-21-11-9-14-23(18-21)40-3)27(32)31(38)35(28)22-12-6-4-5-7-13-22/h9,11,14,16-20,22,24-28H,4-8,10,12-13,15H2,1-3H3,(H,33,36)(H,34,37). The summed E-state index contributed by atoms with van der Waals surface area (Å²) in [5.74, 6) is -0.884. The lowest BCUT2D eigenvalue weighted by Gasteiger charge is -2.40. The van der Waals surface area contributed by atoms with Crippen molar-refractivity contribution in [3.05, 3.63) is 36.4 Å². The van der Waals surface area contributed by atoms with Crippen LogP contribution < -0.4 is 10.6 Å². The zero-order chi connectivity index (χ0) is 28.0. The largest absolute Gasteiger partial charge is 0.359 e. The molecule has 8 atom stereocenters. The number of hydrogen-bond donors (Lipinski definition) is 2. The maximum Gasteiger partial charge on any atom is 0.246 e. The van der Waals surface area contributed by atoms with Gasteiger partial charge in [-0.15, -0.1) is 11.8 Å². The molecule has 0 radical (unpaired) electrons. The lowest BCUT2D eigenvalue weighted by Crippen LogP contribution is -2.59. The third-order valence-electron chi connectivity index (χ3n) is 10.5. The van der Waals surface area contributed by atoms with Crippen LogP contribution in [0.25, 0.3) is 0 Å². The van der Waals surface area contributed by atoms with Gasteiger partial charge < -0.3 is 20.3 Å². The maximum atomic E-state index is 14.4. The van der Waals surface area contributed by atoms with Crippen molar-refractivity contribution in [2.75, 3.05) is 11.6 Å². The third-order valence-corrected chi connectivity index (χ3v) is 11.2. The van der Waals surface area contributed by atoms with Crippen LogP contribution in [0.15, 0.2) is 41.3 Å². The second-order valence-corrected chi connectivity index (χ2v) is 13.6.